The van der Waals surface area contributed by atoms with Crippen LogP contribution in [0.5, 0.6) is 17.2 Å². The van der Waals surface area contributed by atoms with Crippen LogP contribution in [0.15, 0.2) is 12.1 Å². The highest BCUT2D eigenvalue weighted by molar-refractivity contribution is 5.78. The van der Waals surface area contributed by atoms with Crippen LogP contribution in [0.2, 0.25) is 0 Å². The third-order valence-corrected chi connectivity index (χ3v) is 3.98. The van der Waals surface area contributed by atoms with Crippen LogP contribution in [-0.4, -0.2) is 40.3 Å². The Morgan fingerprint density at radius 3 is 2.26 bits per heavy atom. The first-order chi connectivity index (χ1) is 11.1. The predicted molar refractivity (Wildman–Crippen MR) is 88.2 cm³/mol. The molecule has 6 nitrogen and oxygen atoms in total. The largest absolute Gasteiger partial charge is 0.493 e. The lowest BCUT2D eigenvalue weighted by atomic mass is 10.1. The van der Waals surface area contributed by atoms with Crippen LogP contribution < -0.4 is 24.8 Å². The molecule has 0 heterocycles. The molecule has 23 heavy (non-hydrogen) atoms. The highest BCUT2D eigenvalue weighted by Crippen LogP contribution is 2.39. The van der Waals surface area contributed by atoms with E-state index in [4.69, 9.17) is 14.2 Å². The van der Waals surface area contributed by atoms with E-state index in [0.717, 1.165) is 18.0 Å². The number of ether oxygens (including phenoxy) is 3. The number of hydrogen-bond donors (Lipinski definition) is 2. The van der Waals surface area contributed by atoms with Gasteiger partial charge in [-0.15, -0.1) is 0 Å². The molecule has 1 amide bonds. The molecule has 1 saturated carbocycles. The van der Waals surface area contributed by atoms with Gasteiger partial charge in [-0.3, -0.25) is 4.79 Å². The molecule has 1 aromatic rings. The van der Waals surface area contributed by atoms with Crippen LogP contribution in [-0.2, 0) is 4.79 Å². The molecular formula is C17H26N2O4. The smallest absolute Gasteiger partial charge is 0.234 e. The second-order valence-corrected chi connectivity index (χ2v) is 5.82. The van der Waals surface area contributed by atoms with Crippen molar-refractivity contribution in [1.82, 2.24) is 10.6 Å². The number of benzene rings is 1. The standard InChI is InChI=1S/C17H26N2O4/c1-11(19-16(20)10-18-9-12-5-6-12)13-7-14(21-2)17(23-4)15(8-13)22-3/h7-8,11-12,18H,5-6,9-10H2,1-4H3,(H,19,20). The van der Waals surface area contributed by atoms with Crippen molar-refractivity contribution < 1.29 is 19.0 Å². The number of nitrogens with one attached hydrogen (secondary N) is 2. The van der Waals surface area contributed by atoms with E-state index in [1.54, 1.807) is 21.3 Å². The Morgan fingerprint density at radius 1 is 1.17 bits per heavy atom. The fourth-order valence-corrected chi connectivity index (χ4v) is 2.44. The summed E-state index contributed by atoms with van der Waals surface area (Å²) in [6.45, 7) is 3.19. The molecule has 0 aromatic heterocycles. The summed E-state index contributed by atoms with van der Waals surface area (Å²) in [7, 11) is 4.72. The Morgan fingerprint density at radius 2 is 1.78 bits per heavy atom. The fraction of sp³-hybridized carbons (Fsp3) is 0.588. The van der Waals surface area contributed by atoms with E-state index >= 15 is 0 Å². The van der Waals surface area contributed by atoms with E-state index in [9.17, 15) is 4.79 Å². The molecule has 6 heteroatoms. The molecule has 0 aliphatic heterocycles. The van der Waals surface area contributed by atoms with Crippen molar-refractivity contribution >= 4 is 5.91 Å². The van der Waals surface area contributed by atoms with Crippen molar-refractivity contribution in [3.63, 3.8) is 0 Å². The van der Waals surface area contributed by atoms with Crippen molar-refractivity contribution in [3.05, 3.63) is 17.7 Å². The molecule has 2 N–H and O–H groups in total. The molecule has 0 saturated heterocycles. The SMILES string of the molecule is COc1cc(C(C)NC(=O)CNCC2CC2)cc(OC)c1OC. The maximum Gasteiger partial charge on any atom is 0.234 e. The number of hydrogen-bond acceptors (Lipinski definition) is 5. The number of methoxy groups -OCH3 is 3. The Labute approximate surface area is 137 Å². The molecular weight excluding hydrogens is 296 g/mol. The topological polar surface area (TPSA) is 68.8 Å². The van der Waals surface area contributed by atoms with E-state index in [2.05, 4.69) is 10.6 Å². The van der Waals surface area contributed by atoms with Gasteiger partial charge in [0.15, 0.2) is 11.5 Å². The molecule has 1 aliphatic carbocycles. The van der Waals surface area contributed by atoms with Gasteiger partial charge in [0.05, 0.1) is 33.9 Å². The van der Waals surface area contributed by atoms with Crippen molar-refractivity contribution in [2.45, 2.75) is 25.8 Å². The van der Waals surface area contributed by atoms with Gasteiger partial charge in [0.2, 0.25) is 11.7 Å². The van der Waals surface area contributed by atoms with Gasteiger partial charge in [-0.05, 0) is 49.9 Å². The lowest BCUT2D eigenvalue weighted by Crippen LogP contribution is -2.36. The maximum atomic E-state index is 12.0. The highest BCUT2D eigenvalue weighted by Gasteiger charge is 2.21. The lowest BCUT2D eigenvalue weighted by Gasteiger charge is -2.19. The fourth-order valence-electron chi connectivity index (χ4n) is 2.44. The van der Waals surface area contributed by atoms with E-state index in [-0.39, 0.29) is 11.9 Å². The summed E-state index contributed by atoms with van der Waals surface area (Å²) in [6, 6.07) is 3.55. The molecule has 128 valence electrons. The zero-order chi connectivity index (χ0) is 16.8. The number of rotatable bonds is 9. The van der Waals surface area contributed by atoms with Crippen LogP contribution in [0.3, 0.4) is 0 Å². The van der Waals surface area contributed by atoms with Gasteiger partial charge in [-0.1, -0.05) is 0 Å². The average molecular weight is 322 g/mol. The van der Waals surface area contributed by atoms with E-state index < -0.39 is 0 Å². The molecule has 1 aliphatic rings. The summed E-state index contributed by atoms with van der Waals surface area (Å²) in [5, 5.41) is 6.16. The number of amides is 1. The Kier molecular flexibility index (Phi) is 6.10. The first-order valence-electron chi connectivity index (χ1n) is 7.89. The van der Waals surface area contributed by atoms with Gasteiger partial charge >= 0.3 is 0 Å². The number of carbonyl (C=O) groups excluding carboxylic acids is 1. The van der Waals surface area contributed by atoms with Gasteiger partial charge in [-0.25, -0.2) is 0 Å². The minimum absolute atomic E-state index is 0.0214. The maximum absolute atomic E-state index is 12.0. The summed E-state index contributed by atoms with van der Waals surface area (Å²) in [5.74, 6) is 2.44. The minimum atomic E-state index is -0.154. The lowest BCUT2D eigenvalue weighted by molar-refractivity contribution is -0.120. The van der Waals surface area contributed by atoms with Crippen LogP contribution >= 0.6 is 0 Å². The monoisotopic (exact) mass is 322 g/mol. The van der Waals surface area contributed by atoms with Crippen LogP contribution in [0, 0.1) is 5.92 Å². The molecule has 1 aromatic carbocycles. The highest BCUT2D eigenvalue weighted by atomic mass is 16.5. The molecule has 1 unspecified atom stereocenters. The van der Waals surface area contributed by atoms with Crippen molar-refractivity contribution in [3.8, 4) is 17.2 Å². The first-order valence-corrected chi connectivity index (χ1v) is 7.89. The summed E-state index contributed by atoms with van der Waals surface area (Å²) in [6.07, 6.45) is 2.55. The molecule has 1 atom stereocenters. The molecule has 0 bridgehead atoms. The molecule has 2 rings (SSSR count). The summed E-state index contributed by atoms with van der Waals surface area (Å²) in [5.41, 5.74) is 0.898. The van der Waals surface area contributed by atoms with Gasteiger partial charge < -0.3 is 24.8 Å². The normalized spacial score (nSPS) is 15.0. The van der Waals surface area contributed by atoms with Gasteiger partial charge in [-0.2, -0.15) is 0 Å². The Bertz CT molecular complexity index is 518. The van der Waals surface area contributed by atoms with Crippen molar-refractivity contribution in [2.24, 2.45) is 5.92 Å². The van der Waals surface area contributed by atoms with E-state index in [1.807, 2.05) is 19.1 Å². The first kappa shape index (κ1) is 17.4. The van der Waals surface area contributed by atoms with Gasteiger partial charge in [0, 0.05) is 0 Å². The van der Waals surface area contributed by atoms with E-state index in [1.165, 1.54) is 12.8 Å². The minimum Gasteiger partial charge on any atom is -0.493 e. The summed E-state index contributed by atoms with van der Waals surface area (Å²) < 4.78 is 16.0. The Hall–Kier alpha value is -1.95. The van der Waals surface area contributed by atoms with Crippen molar-refractivity contribution in [2.75, 3.05) is 34.4 Å². The van der Waals surface area contributed by atoms with Crippen LogP contribution in [0.4, 0.5) is 0 Å². The quantitative estimate of drug-likeness (QED) is 0.727. The zero-order valence-electron chi connectivity index (χ0n) is 14.3. The van der Waals surface area contributed by atoms with Crippen LogP contribution in [0.1, 0.15) is 31.4 Å². The third-order valence-electron chi connectivity index (χ3n) is 3.98. The third kappa shape index (κ3) is 4.76. The Balaban J connectivity index is 1.99. The van der Waals surface area contributed by atoms with Crippen molar-refractivity contribution in [1.29, 1.82) is 0 Å². The summed E-state index contributed by atoms with van der Waals surface area (Å²) >= 11 is 0. The van der Waals surface area contributed by atoms with Gasteiger partial charge in [0.25, 0.3) is 0 Å². The van der Waals surface area contributed by atoms with Gasteiger partial charge in [0.1, 0.15) is 0 Å². The average Bonchev–Trinajstić information content (AvgIpc) is 3.37. The second-order valence-electron chi connectivity index (χ2n) is 5.82. The summed E-state index contributed by atoms with van der Waals surface area (Å²) in [4.78, 5) is 12.0. The molecule has 0 spiro atoms. The predicted octanol–water partition coefficient (Wildman–Crippen LogP) is 1.89. The zero-order valence-corrected chi connectivity index (χ0v) is 14.3. The second kappa shape index (κ2) is 8.06. The number of carbonyl (C=O) groups is 1. The van der Waals surface area contributed by atoms with Crippen LogP contribution in [0.25, 0.3) is 0 Å². The van der Waals surface area contributed by atoms with E-state index in [0.29, 0.717) is 23.8 Å². The molecule has 1 fully saturated rings. The molecule has 0 radical (unpaired) electrons.